The Morgan fingerprint density at radius 1 is 1.45 bits per heavy atom. The molecule has 0 spiro atoms. The standard InChI is InChI=1S/C7H15NO3/c1-5(8(10)11)6(9)7(2,3)4/h5-6,9H,1-4H3. The summed E-state index contributed by atoms with van der Waals surface area (Å²) in [4.78, 5) is 9.77. The fourth-order valence-electron chi connectivity index (χ4n) is 0.839. The monoisotopic (exact) mass is 161 g/mol. The molecular formula is C7H15NO3. The molecule has 0 aromatic carbocycles. The van der Waals surface area contributed by atoms with Crippen LogP contribution in [0, 0.1) is 15.5 Å². The molecule has 0 aliphatic carbocycles. The summed E-state index contributed by atoms with van der Waals surface area (Å²) in [7, 11) is 0. The van der Waals surface area contributed by atoms with Gasteiger partial charge < -0.3 is 5.11 Å². The largest absolute Gasteiger partial charge is 0.385 e. The predicted molar refractivity (Wildman–Crippen MR) is 41.9 cm³/mol. The third kappa shape index (κ3) is 2.84. The van der Waals surface area contributed by atoms with Crippen molar-refractivity contribution in [1.29, 1.82) is 0 Å². The van der Waals surface area contributed by atoms with E-state index in [4.69, 9.17) is 0 Å². The highest BCUT2D eigenvalue weighted by molar-refractivity contribution is 4.76. The second kappa shape index (κ2) is 3.17. The number of nitro groups is 1. The minimum absolute atomic E-state index is 0.424. The van der Waals surface area contributed by atoms with Crippen molar-refractivity contribution in [3.8, 4) is 0 Å². The molecule has 0 saturated carbocycles. The van der Waals surface area contributed by atoms with Gasteiger partial charge in [-0.3, -0.25) is 10.1 Å². The maximum absolute atomic E-state index is 10.2. The van der Waals surface area contributed by atoms with Crippen LogP contribution in [0.1, 0.15) is 27.7 Å². The van der Waals surface area contributed by atoms with Gasteiger partial charge in [-0.25, -0.2) is 0 Å². The van der Waals surface area contributed by atoms with Gasteiger partial charge in [-0.15, -0.1) is 0 Å². The Morgan fingerprint density at radius 3 is 1.91 bits per heavy atom. The number of hydrogen-bond donors (Lipinski definition) is 1. The third-order valence-corrected chi connectivity index (χ3v) is 1.68. The number of hydrogen-bond acceptors (Lipinski definition) is 3. The van der Waals surface area contributed by atoms with E-state index < -0.39 is 22.5 Å². The molecule has 0 rings (SSSR count). The van der Waals surface area contributed by atoms with E-state index in [-0.39, 0.29) is 0 Å². The average molecular weight is 161 g/mol. The van der Waals surface area contributed by atoms with Crippen molar-refractivity contribution in [2.45, 2.75) is 39.8 Å². The first-order valence-corrected chi connectivity index (χ1v) is 3.58. The molecular weight excluding hydrogens is 146 g/mol. The van der Waals surface area contributed by atoms with Gasteiger partial charge in [0.05, 0.1) is 0 Å². The average Bonchev–Trinajstić information content (AvgIpc) is 1.82. The third-order valence-electron chi connectivity index (χ3n) is 1.68. The van der Waals surface area contributed by atoms with Gasteiger partial charge >= 0.3 is 0 Å². The minimum atomic E-state index is -0.894. The Bertz CT molecular complexity index is 150. The predicted octanol–water partition coefficient (Wildman–Crippen LogP) is 1.06. The zero-order valence-electron chi connectivity index (χ0n) is 7.37. The Balaban J connectivity index is 4.25. The Labute approximate surface area is 66.4 Å². The van der Waals surface area contributed by atoms with E-state index in [1.807, 2.05) is 0 Å². The molecule has 0 aliphatic rings. The second-order valence-corrected chi connectivity index (χ2v) is 3.84. The van der Waals surface area contributed by atoms with Crippen LogP contribution in [0.2, 0.25) is 0 Å². The van der Waals surface area contributed by atoms with Crippen molar-refractivity contribution in [3.05, 3.63) is 10.1 Å². The molecule has 4 heteroatoms. The van der Waals surface area contributed by atoms with Gasteiger partial charge in [0.1, 0.15) is 6.10 Å². The fourth-order valence-corrected chi connectivity index (χ4v) is 0.839. The van der Waals surface area contributed by atoms with Crippen LogP contribution in [0.4, 0.5) is 0 Å². The van der Waals surface area contributed by atoms with E-state index in [1.165, 1.54) is 6.92 Å². The van der Waals surface area contributed by atoms with Gasteiger partial charge in [-0.1, -0.05) is 20.8 Å². The number of aliphatic hydroxyl groups excluding tert-OH is 1. The van der Waals surface area contributed by atoms with E-state index in [0.29, 0.717) is 0 Å². The maximum Gasteiger partial charge on any atom is 0.236 e. The lowest BCUT2D eigenvalue weighted by molar-refractivity contribution is -0.533. The van der Waals surface area contributed by atoms with Crippen molar-refractivity contribution in [2.75, 3.05) is 0 Å². The van der Waals surface area contributed by atoms with Crippen LogP contribution >= 0.6 is 0 Å². The van der Waals surface area contributed by atoms with Crippen molar-refractivity contribution in [2.24, 2.45) is 5.41 Å². The topological polar surface area (TPSA) is 63.4 Å². The van der Waals surface area contributed by atoms with E-state index in [1.54, 1.807) is 20.8 Å². The molecule has 2 atom stereocenters. The molecule has 2 unspecified atom stereocenters. The molecule has 0 aromatic heterocycles. The lowest BCUT2D eigenvalue weighted by Crippen LogP contribution is -2.40. The van der Waals surface area contributed by atoms with Crippen LogP contribution < -0.4 is 0 Å². The van der Waals surface area contributed by atoms with Gasteiger partial charge in [0.25, 0.3) is 0 Å². The normalized spacial score (nSPS) is 17.5. The quantitative estimate of drug-likeness (QED) is 0.486. The first-order valence-electron chi connectivity index (χ1n) is 3.58. The molecule has 0 amide bonds. The summed E-state index contributed by atoms with van der Waals surface area (Å²) in [6.45, 7) is 6.74. The van der Waals surface area contributed by atoms with E-state index >= 15 is 0 Å². The molecule has 11 heavy (non-hydrogen) atoms. The van der Waals surface area contributed by atoms with Crippen LogP contribution in [0.15, 0.2) is 0 Å². The summed E-state index contributed by atoms with van der Waals surface area (Å²) in [5, 5.41) is 19.6. The summed E-state index contributed by atoms with van der Waals surface area (Å²) >= 11 is 0. The molecule has 4 nitrogen and oxygen atoms in total. The molecule has 0 heterocycles. The second-order valence-electron chi connectivity index (χ2n) is 3.84. The van der Waals surface area contributed by atoms with Crippen LogP contribution in [-0.2, 0) is 0 Å². The summed E-state index contributed by atoms with van der Waals surface area (Å²) in [5.74, 6) is 0. The summed E-state index contributed by atoms with van der Waals surface area (Å²) < 4.78 is 0. The highest BCUT2D eigenvalue weighted by Gasteiger charge is 2.34. The first kappa shape index (κ1) is 10.4. The SMILES string of the molecule is CC(C(O)C(C)(C)C)[N+](=O)[O-]. The summed E-state index contributed by atoms with van der Waals surface area (Å²) in [6, 6.07) is -0.894. The minimum Gasteiger partial charge on any atom is -0.385 e. The molecule has 0 aromatic rings. The number of aliphatic hydroxyl groups is 1. The van der Waals surface area contributed by atoms with Crippen LogP contribution in [0.5, 0.6) is 0 Å². The maximum atomic E-state index is 10.2. The van der Waals surface area contributed by atoms with Gasteiger partial charge in [0.2, 0.25) is 6.04 Å². The summed E-state index contributed by atoms with van der Waals surface area (Å²) in [5.41, 5.74) is -0.424. The molecule has 1 N–H and O–H groups in total. The number of nitrogens with zero attached hydrogens (tertiary/aromatic N) is 1. The summed E-state index contributed by atoms with van der Waals surface area (Å²) in [6.07, 6.45) is -0.891. The zero-order chi connectivity index (χ0) is 9.23. The highest BCUT2D eigenvalue weighted by Crippen LogP contribution is 2.22. The Kier molecular flexibility index (Phi) is 2.99. The molecule has 0 aliphatic heterocycles. The van der Waals surface area contributed by atoms with E-state index in [9.17, 15) is 15.2 Å². The van der Waals surface area contributed by atoms with Crippen LogP contribution in [0.25, 0.3) is 0 Å². The van der Waals surface area contributed by atoms with E-state index in [2.05, 4.69) is 0 Å². The van der Waals surface area contributed by atoms with Crippen molar-refractivity contribution in [3.63, 3.8) is 0 Å². The zero-order valence-corrected chi connectivity index (χ0v) is 7.37. The molecule has 0 bridgehead atoms. The van der Waals surface area contributed by atoms with Gasteiger partial charge in [0.15, 0.2) is 0 Å². The highest BCUT2D eigenvalue weighted by atomic mass is 16.6. The lowest BCUT2D eigenvalue weighted by Gasteiger charge is -2.25. The lowest BCUT2D eigenvalue weighted by atomic mass is 9.85. The van der Waals surface area contributed by atoms with Gasteiger partial charge in [-0.05, 0) is 5.41 Å². The smallest absolute Gasteiger partial charge is 0.236 e. The van der Waals surface area contributed by atoms with Gasteiger partial charge in [-0.2, -0.15) is 0 Å². The van der Waals surface area contributed by atoms with Crippen molar-refractivity contribution in [1.82, 2.24) is 0 Å². The Hall–Kier alpha value is -0.640. The van der Waals surface area contributed by atoms with Crippen molar-refractivity contribution < 1.29 is 10.0 Å². The molecule has 0 saturated heterocycles. The van der Waals surface area contributed by atoms with Crippen LogP contribution in [0.3, 0.4) is 0 Å². The van der Waals surface area contributed by atoms with Crippen LogP contribution in [-0.4, -0.2) is 22.2 Å². The van der Waals surface area contributed by atoms with Gasteiger partial charge in [0, 0.05) is 11.8 Å². The molecule has 0 radical (unpaired) electrons. The molecule has 66 valence electrons. The fraction of sp³-hybridized carbons (Fsp3) is 1.00. The van der Waals surface area contributed by atoms with Crippen molar-refractivity contribution >= 4 is 0 Å². The number of rotatable bonds is 2. The van der Waals surface area contributed by atoms with E-state index in [0.717, 1.165) is 0 Å². The Morgan fingerprint density at radius 2 is 1.82 bits per heavy atom. The molecule has 0 fully saturated rings. The first-order chi connectivity index (χ1) is 4.76.